The summed E-state index contributed by atoms with van der Waals surface area (Å²) in [5, 5.41) is 0. The first-order valence-corrected chi connectivity index (χ1v) is 6.95. The topological polar surface area (TPSA) is 26.3 Å². The number of ketones is 1. The molecule has 96 valence electrons. The summed E-state index contributed by atoms with van der Waals surface area (Å²) < 4.78 is 5.80. The first-order chi connectivity index (χ1) is 7.87. The molecular weight excluding hydrogens is 212 g/mol. The molecule has 0 radical (unpaired) electrons. The lowest BCUT2D eigenvalue weighted by Crippen LogP contribution is -2.40. The maximum absolute atomic E-state index is 12.5. The summed E-state index contributed by atoms with van der Waals surface area (Å²) in [6.45, 7) is 6.93. The van der Waals surface area contributed by atoms with Crippen LogP contribution in [0.15, 0.2) is 0 Å². The zero-order valence-corrected chi connectivity index (χ0v) is 11.5. The molecule has 2 unspecified atom stereocenters. The summed E-state index contributed by atoms with van der Waals surface area (Å²) in [6.07, 6.45) is 5.21. The van der Waals surface area contributed by atoms with E-state index >= 15 is 0 Å². The highest BCUT2D eigenvalue weighted by molar-refractivity contribution is 5.89. The molecule has 0 aliphatic heterocycles. The van der Waals surface area contributed by atoms with Gasteiger partial charge in [-0.2, -0.15) is 0 Å². The first-order valence-electron chi connectivity index (χ1n) is 6.95. The van der Waals surface area contributed by atoms with Gasteiger partial charge in [0, 0.05) is 24.9 Å². The van der Waals surface area contributed by atoms with Crippen LogP contribution in [0.1, 0.15) is 52.9 Å². The van der Waals surface area contributed by atoms with Crippen molar-refractivity contribution < 1.29 is 9.53 Å². The minimum Gasteiger partial charge on any atom is -0.378 e. The Hall–Kier alpha value is -0.370. The van der Waals surface area contributed by atoms with Crippen molar-refractivity contribution >= 4 is 5.78 Å². The highest BCUT2D eigenvalue weighted by Crippen LogP contribution is 2.71. The van der Waals surface area contributed by atoms with Gasteiger partial charge in [-0.1, -0.05) is 13.8 Å². The van der Waals surface area contributed by atoms with Gasteiger partial charge in [0.1, 0.15) is 5.78 Å². The molecule has 3 aliphatic carbocycles. The van der Waals surface area contributed by atoms with E-state index in [4.69, 9.17) is 4.74 Å². The van der Waals surface area contributed by atoms with E-state index in [-0.39, 0.29) is 11.0 Å². The van der Waals surface area contributed by atoms with Crippen molar-refractivity contribution in [1.29, 1.82) is 0 Å². The maximum Gasteiger partial charge on any atom is 0.139 e. The van der Waals surface area contributed by atoms with Crippen molar-refractivity contribution in [2.75, 3.05) is 7.11 Å². The Balaban J connectivity index is 2.09. The molecule has 2 nitrogen and oxygen atoms in total. The average Bonchev–Trinajstić information content (AvgIpc) is 2.82. The Morgan fingerprint density at radius 3 is 2.53 bits per heavy atom. The van der Waals surface area contributed by atoms with E-state index in [0.29, 0.717) is 23.0 Å². The van der Waals surface area contributed by atoms with Gasteiger partial charge in [-0.05, 0) is 43.9 Å². The Morgan fingerprint density at radius 1 is 1.18 bits per heavy atom. The van der Waals surface area contributed by atoms with Crippen LogP contribution in [0.4, 0.5) is 0 Å². The molecule has 0 N–H and O–H groups in total. The third kappa shape index (κ3) is 1.18. The van der Waals surface area contributed by atoms with E-state index in [1.807, 2.05) is 7.11 Å². The third-order valence-corrected chi connectivity index (χ3v) is 6.33. The van der Waals surface area contributed by atoms with Gasteiger partial charge in [0.25, 0.3) is 0 Å². The third-order valence-electron chi connectivity index (χ3n) is 6.33. The molecule has 3 saturated carbocycles. The van der Waals surface area contributed by atoms with Crippen molar-refractivity contribution in [1.82, 2.24) is 0 Å². The van der Waals surface area contributed by atoms with E-state index in [2.05, 4.69) is 20.8 Å². The molecule has 1 spiro atoms. The molecule has 3 aliphatic rings. The number of carbonyl (C=O) groups excluding carboxylic acids is 1. The lowest BCUT2D eigenvalue weighted by molar-refractivity contribution is -0.131. The fourth-order valence-corrected chi connectivity index (χ4v) is 5.46. The van der Waals surface area contributed by atoms with Crippen molar-refractivity contribution in [2.45, 2.75) is 58.5 Å². The van der Waals surface area contributed by atoms with Crippen LogP contribution in [0.5, 0.6) is 0 Å². The molecule has 2 heteroatoms. The van der Waals surface area contributed by atoms with Crippen LogP contribution in [-0.2, 0) is 9.53 Å². The van der Waals surface area contributed by atoms with Crippen LogP contribution in [0.3, 0.4) is 0 Å². The van der Waals surface area contributed by atoms with Crippen LogP contribution < -0.4 is 0 Å². The van der Waals surface area contributed by atoms with Crippen molar-refractivity contribution in [3.8, 4) is 0 Å². The molecule has 17 heavy (non-hydrogen) atoms. The van der Waals surface area contributed by atoms with E-state index in [1.54, 1.807) is 0 Å². The van der Waals surface area contributed by atoms with Gasteiger partial charge in [-0.15, -0.1) is 0 Å². The average molecular weight is 236 g/mol. The monoisotopic (exact) mass is 236 g/mol. The van der Waals surface area contributed by atoms with Crippen LogP contribution in [0, 0.1) is 22.7 Å². The van der Waals surface area contributed by atoms with Crippen LogP contribution >= 0.6 is 0 Å². The molecule has 3 fully saturated rings. The molecule has 0 aromatic rings. The molecule has 0 amide bonds. The maximum atomic E-state index is 12.5. The number of carbonyl (C=O) groups is 1. The number of Topliss-reactive ketones (excluding diaryl/α,β-unsaturated/α-hetero) is 1. The summed E-state index contributed by atoms with van der Waals surface area (Å²) >= 11 is 0. The fourth-order valence-electron chi connectivity index (χ4n) is 5.46. The Bertz CT molecular complexity index is 373. The zero-order valence-electron chi connectivity index (χ0n) is 11.5. The predicted molar refractivity (Wildman–Crippen MR) is 66.7 cm³/mol. The van der Waals surface area contributed by atoms with Gasteiger partial charge >= 0.3 is 0 Å². The number of ether oxygens (including phenoxy) is 1. The molecular formula is C15H24O2. The van der Waals surface area contributed by atoms with Crippen molar-refractivity contribution in [3.63, 3.8) is 0 Å². The molecule has 3 rings (SSSR count). The Labute approximate surface area is 104 Å². The number of methoxy groups -OCH3 is 1. The summed E-state index contributed by atoms with van der Waals surface area (Å²) in [5.74, 6) is 1.60. The first kappa shape index (κ1) is 11.7. The normalized spacial score (nSPS) is 51.6. The van der Waals surface area contributed by atoms with E-state index in [9.17, 15) is 4.79 Å². The predicted octanol–water partition coefficient (Wildman–Crippen LogP) is 3.20. The largest absolute Gasteiger partial charge is 0.378 e. The SMILES string of the molecule is COC1(C)CCC23C(=O)CC[C@H]2C(C)(C)C[C@@H]13. The molecule has 0 aromatic carbocycles. The highest BCUT2D eigenvalue weighted by Gasteiger charge is 2.71. The minimum absolute atomic E-state index is 0.0196. The van der Waals surface area contributed by atoms with Gasteiger partial charge in [0.2, 0.25) is 0 Å². The molecule has 0 saturated heterocycles. The second kappa shape index (κ2) is 3.14. The molecule has 0 bridgehead atoms. The molecule has 4 atom stereocenters. The van der Waals surface area contributed by atoms with Gasteiger partial charge < -0.3 is 4.74 Å². The van der Waals surface area contributed by atoms with E-state index < -0.39 is 0 Å². The number of hydrogen-bond donors (Lipinski definition) is 0. The summed E-state index contributed by atoms with van der Waals surface area (Å²) in [6, 6.07) is 0. The van der Waals surface area contributed by atoms with Crippen LogP contribution in [0.25, 0.3) is 0 Å². The lowest BCUT2D eigenvalue weighted by Gasteiger charge is -2.34. The Kier molecular flexibility index (Phi) is 2.16. The Morgan fingerprint density at radius 2 is 1.88 bits per heavy atom. The summed E-state index contributed by atoms with van der Waals surface area (Å²) in [4.78, 5) is 12.5. The van der Waals surface area contributed by atoms with E-state index in [1.165, 1.54) is 0 Å². The highest BCUT2D eigenvalue weighted by atomic mass is 16.5. The van der Waals surface area contributed by atoms with Crippen LogP contribution in [-0.4, -0.2) is 18.5 Å². The molecule has 0 heterocycles. The van der Waals surface area contributed by atoms with Crippen molar-refractivity contribution in [3.05, 3.63) is 0 Å². The second-order valence-electron chi connectivity index (χ2n) is 7.32. The quantitative estimate of drug-likeness (QED) is 0.699. The minimum atomic E-state index is -0.0635. The zero-order chi connectivity index (χ0) is 12.5. The van der Waals surface area contributed by atoms with Gasteiger partial charge in [0.05, 0.1) is 5.60 Å². The molecule has 0 aromatic heterocycles. The van der Waals surface area contributed by atoms with Gasteiger partial charge in [0.15, 0.2) is 0 Å². The van der Waals surface area contributed by atoms with Gasteiger partial charge in [-0.25, -0.2) is 0 Å². The lowest BCUT2D eigenvalue weighted by atomic mass is 9.70. The fraction of sp³-hybridized carbons (Fsp3) is 0.933. The van der Waals surface area contributed by atoms with Gasteiger partial charge in [-0.3, -0.25) is 4.79 Å². The number of hydrogen-bond acceptors (Lipinski definition) is 2. The van der Waals surface area contributed by atoms with E-state index in [0.717, 1.165) is 32.1 Å². The summed E-state index contributed by atoms with van der Waals surface area (Å²) in [5.41, 5.74) is 0.233. The van der Waals surface area contributed by atoms with Crippen LogP contribution in [0.2, 0.25) is 0 Å². The number of rotatable bonds is 1. The summed E-state index contributed by atoms with van der Waals surface area (Å²) in [7, 11) is 1.82. The smallest absolute Gasteiger partial charge is 0.139 e. The standard InChI is InChI=1S/C15H24O2/c1-13(2)9-11-14(3,17-4)7-8-15(11)10(13)5-6-12(15)16/h10-11H,5-9H2,1-4H3/t10-,11-,14?,15?/m0/s1. The second-order valence-corrected chi connectivity index (χ2v) is 7.32. The van der Waals surface area contributed by atoms with Crippen molar-refractivity contribution in [2.24, 2.45) is 22.7 Å².